The number of methoxy groups -OCH3 is 1. The fourth-order valence-corrected chi connectivity index (χ4v) is 1.98. The number of fused-ring (bicyclic) bond motifs is 1. The van der Waals surface area contributed by atoms with E-state index in [9.17, 15) is 4.79 Å². The molecule has 0 radical (unpaired) electrons. The summed E-state index contributed by atoms with van der Waals surface area (Å²) in [6, 6.07) is 5.74. The van der Waals surface area contributed by atoms with E-state index in [1.54, 1.807) is 0 Å². The zero-order chi connectivity index (χ0) is 12.3. The second kappa shape index (κ2) is 5.08. The summed E-state index contributed by atoms with van der Waals surface area (Å²) >= 11 is 0. The van der Waals surface area contributed by atoms with Gasteiger partial charge in [-0.25, -0.2) is 0 Å². The average Bonchev–Trinajstić information content (AvgIpc) is 2.38. The lowest BCUT2D eigenvalue weighted by Crippen LogP contribution is -2.29. The predicted octanol–water partition coefficient (Wildman–Crippen LogP) is 1.81. The van der Waals surface area contributed by atoms with Crippen LogP contribution in [0.5, 0.6) is 11.5 Å². The van der Waals surface area contributed by atoms with E-state index < -0.39 is 0 Å². The van der Waals surface area contributed by atoms with Crippen molar-refractivity contribution in [1.29, 1.82) is 0 Å². The van der Waals surface area contributed by atoms with Crippen LogP contribution in [0.15, 0.2) is 18.2 Å². The van der Waals surface area contributed by atoms with Crippen molar-refractivity contribution >= 4 is 5.97 Å². The molecule has 0 aliphatic carbocycles. The van der Waals surface area contributed by atoms with Crippen LogP contribution >= 0.6 is 0 Å². The minimum atomic E-state index is -0.225. The topological polar surface area (TPSA) is 44.8 Å². The fraction of sp³-hybridized carbons (Fsp3) is 0.462. The number of carbonyl (C=O) groups excluding carboxylic acids is 1. The molecule has 4 heteroatoms. The van der Waals surface area contributed by atoms with Crippen molar-refractivity contribution in [1.82, 2.24) is 0 Å². The average molecular weight is 236 g/mol. The van der Waals surface area contributed by atoms with E-state index >= 15 is 0 Å². The molecule has 0 N–H and O–H groups in total. The van der Waals surface area contributed by atoms with Crippen molar-refractivity contribution in [2.75, 3.05) is 20.3 Å². The molecule has 0 amide bonds. The standard InChI is InChI=1S/C13H16O4/c1-3-16-11-6-4-5-9-7-10(13(14)15-2)8-17-12(9)11/h4-6,10H,3,7-8H2,1-2H3/t10-/m1/s1. The highest BCUT2D eigenvalue weighted by molar-refractivity contribution is 5.73. The molecule has 0 fully saturated rings. The summed E-state index contributed by atoms with van der Waals surface area (Å²) in [4.78, 5) is 11.5. The number of rotatable bonds is 3. The maximum atomic E-state index is 11.5. The maximum absolute atomic E-state index is 11.5. The van der Waals surface area contributed by atoms with Crippen molar-refractivity contribution in [3.8, 4) is 11.5 Å². The Balaban J connectivity index is 2.21. The summed E-state index contributed by atoms with van der Waals surface area (Å²) in [7, 11) is 1.40. The van der Waals surface area contributed by atoms with Gasteiger partial charge in [0.05, 0.1) is 19.6 Å². The third-order valence-corrected chi connectivity index (χ3v) is 2.79. The highest BCUT2D eigenvalue weighted by Gasteiger charge is 2.28. The first kappa shape index (κ1) is 11.8. The molecule has 0 spiro atoms. The number of hydrogen-bond donors (Lipinski definition) is 0. The summed E-state index contributed by atoms with van der Waals surface area (Å²) < 4.78 is 15.8. The molecular weight excluding hydrogens is 220 g/mol. The van der Waals surface area contributed by atoms with E-state index in [1.807, 2.05) is 25.1 Å². The van der Waals surface area contributed by atoms with Crippen LogP contribution in [0.4, 0.5) is 0 Å². The van der Waals surface area contributed by atoms with Gasteiger partial charge in [-0.1, -0.05) is 12.1 Å². The van der Waals surface area contributed by atoms with Gasteiger partial charge in [-0.3, -0.25) is 4.79 Å². The Morgan fingerprint density at radius 2 is 2.35 bits per heavy atom. The van der Waals surface area contributed by atoms with Crippen LogP contribution in [-0.2, 0) is 16.0 Å². The van der Waals surface area contributed by atoms with Crippen LogP contribution in [0.2, 0.25) is 0 Å². The van der Waals surface area contributed by atoms with Crippen molar-refractivity contribution in [2.24, 2.45) is 5.92 Å². The molecule has 1 aliphatic rings. The summed E-state index contributed by atoms with van der Waals surface area (Å²) in [6.45, 7) is 2.88. The zero-order valence-electron chi connectivity index (χ0n) is 10.1. The number of esters is 1. The molecule has 0 saturated carbocycles. The van der Waals surface area contributed by atoms with Gasteiger partial charge in [0.15, 0.2) is 11.5 Å². The zero-order valence-corrected chi connectivity index (χ0v) is 10.1. The summed E-state index contributed by atoms with van der Waals surface area (Å²) in [5, 5.41) is 0. The molecular formula is C13H16O4. The summed E-state index contributed by atoms with van der Waals surface area (Å²) in [5.41, 5.74) is 0.998. The fourth-order valence-electron chi connectivity index (χ4n) is 1.98. The van der Waals surface area contributed by atoms with Gasteiger partial charge in [-0.15, -0.1) is 0 Å². The Morgan fingerprint density at radius 3 is 3.06 bits per heavy atom. The highest BCUT2D eigenvalue weighted by Crippen LogP contribution is 2.36. The molecule has 92 valence electrons. The Morgan fingerprint density at radius 1 is 1.53 bits per heavy atom. The van der Waals surface area contributed by atoms with Crippen LogP contribution in [0.3, 0.4) is 0 Å². The van der Waals surface area contributed by atoms with Crippen molar-refractivity contribution in [3.05, 3.63) is 23.8 Å². The van der Waals surface area contributed by atoms with Gasteiger partial charge < -0.3 is 14.2 Å². The Hall–Kier alpha value is -1.71. The van der Waals surface area contributed by atoms with E-state index in [0.29, 0.717) is 19.6 Å². The van der Waals surface area contributed by atoms with E-state index in [0.717, 1.165) is 17.1 Å². The van der Waals surface area contributed by atoms with E-state index in [2.05, 4.69) is 0 Å². The first-order valence-electron chi connectivity index (χ1n) is 5.71. The number of benzene rings is 1. The molecule has 1 aromatic rings. The Bertz CT molecular complexity index is 414. The van der Waals surface area contributed by atoms with Gasteiger partial charge in [0.25, 0.3) is 0 Å². The lowest BCUT2D eigenvalue weighted by Gasteiger charge is -2.25. The minimum absolute atomic E-state index is 0.218. The van der Waals surface area contributed by atoms with E-state index in [4.69, 9.17) is 14.2 Å². The van der Waals surface area contributed by atoms with Crippen molar-refractivity contribution < 1.29 is 19.0 Å². The largest absolute Gasteiger partial charge is 0.490 e. The third-order valence-electron chi connectivity index (χ3n) is 2.79. The van der Waals surface area contributed by atoms with Gasteiger partial charge in [0.2, 0.25) is 0 Å². The van der Waals surface area contributed by atoms with Gasteiger partial charge in [-0.2, -0.15) is 0 Å². The molecule has 2 rings (SSSR count). The first-order chi connectivity index (χ1) is 8.26. The second-order valence-electron chi connectivity index (χ2n) is 3.91. The molecule has 0 aromatic heterocycles. The molecule has 1 aliphatic heterocycles. The van der Waals surface area contributed by atoms with E-state index in [-0.39, 0.29) is 11.9 Å². The smallest absolute Gasteiger partial charge is 0.312 e. The molecule has 0 unspecified atom stereocenters. The first-order valence-corrected chi connectivity index (χ1v) is 5.71. The number of carbonyl (C=O) groups is 1. The lowest BCUT2D eigenvalue weighted by molar-refractivity contribution is -0.146. The SMILES string of the molecule is CCOc1cccc2c1OC[C@H](C(=O)OC)C2. The van der Waals surface area contributed by atoms with Gasteiger partial charge in [-0.05, 0) is 25.0 Å². The van der Waals surface area contributed by atoms with Gasteiger partial charge in [0, 0.05) is 0 Å². The number of ether oxygens (including phenoxy) is 3. The maximum Gasteiger partial charge on any atom is 0.312 e. The Kier molecular flexibility index (Phi) is 3.52. The predicted molar refractivity (Wildman–Crippen MR) is 62.3 cm³/mol. The van der Waals surface area contributed by atoms with Crippen LogP contribution in [0, 0.1) is 5.92 Å². The highest BCUT2D eigenvalue weighted by atomic mass is 16.5. The number of hydrogen-bond acceptors (Lipinski definition) is 4. The summed E-state index contributed by atoms with van der Waals surface area (Å²) in [6.07, 6.45) is 0.642. The second-order valence-corrected chi connectivity index (χ2v) is 3.91. The monoisotopic (exact) mass is 236 g/mol. The van der Waals surface area contributed by atoms with Crippen LogP contribution in [0.1, 0.15) is 12.5 Å². The molecule has 4 nitrogen and oxygen atoms in total. The van der Waals surface area contributed by atoms with Crippen molar-refractivity contribution in [2.45, 2.75) is 13.3 Å². The van der Waals surface area contributed by atoms with Crippen LogP contribution in [0.25, 0.3) is 0 Å². The van der Waals surface area contributed by atoms with E-state index in [1.165, 1.54) is 7.11 Å². The van der Waals surface area contributed by atoms with Gasteiger partial charge >= 0.3 is 5.97 Å². The molecule has 0 saturated heterocycles. The lowest BCUT2D eigenvalue weighted by atomic mass is 9.96. The normalized spacial score (nSPS) is 17.9. The molecule has 0 bridgehead atoms. The van der Waals surface area contributed by atoms with Crippen LogP contribution < -0.4 is 9.47 Å². The molecule has 1 heterocycles. The van der Waals surface area contributed by atoms with Gasteiger partial charge in [0.1, 0.15) is 6.61 Å². The molecule has 1 aromatic carbocycles. The quantitative estimate of drug-likeness (QED) is 0.751. The molecule has 1 atom stereocenters. The van der Waals surface area contributed by atoms with Crippen molar-refractivity contribution in [3.63, 3.8) is 0 Å². The minimum Gasteiger partial charge on any atom is -0.490 e. The molecule has 17 heavy (non-hydrogen) atoms. The van der Waals surface area contributed by atoms with Crippen LogP contribution in [-0.4, -0.2) is 26.3 Å². The number of para-hydroxylation sites is 1. The summed E-state index contributed by atoms with van der Waals surface area (Å²) in [5.74, 6) is 1.06. The third kappa shape index (κ3) is 2.35. The Labute approximate surface area is 100 Å².